The first-order valence-electron chi connectivity index (χ1n) is 9.53. The molecule has 1 fully saturated rings. The van der Waals surface area contributed by atoms with Gasteiger partial charge in [-0.15, -0.1) is 24.0 Å². The first-order valence-corrected chi connectivity index (χ1v) is 9.91. The minimum atomic E-state index is -0.192. The monoisotopic (exact) mass is 536 g/mol. The highest BCUT2D eigenvalue weighted by molar-refractivity contribution is 14.0. The average Bonchev–Trinajstić information content (AvgIpc) is 3.05. The standard InChI is InChI=1S/C20H29ClN4O3.HI/c1-5-22-20(25-11-13(2)15(12-25)19(27)28-4)23-10-9-18(26)24-17-8-6-7-16(21)14(17)3;/h6-8,13,15H,5,9-12H2,1-4H3,(H,22,23)(H,24,26);1H. The SMILES string of the molecule is CCNC(=NCCC(=O)Nc1cccc(Cl)c1C)N1CC(C)C(C(=O)OC)C1.I. The first-order chi connectivity index (χ1) is 13.4. The van der Waals surface area contributed by atoms with Crippen LogP contribution in [0.3, 0.4) is 0 Å². The fourth-order valence-electron chi connectivity index (χ4n) is 3.24. The Morgan fingerprint density at radius 1 is 1.34 bits per heavy atom. The van der Waals surface area contributed by atoms with Crippen LogP contribution in [-0.4, -0.2) is 56.0 Å². The highest BCUT2D eigenvalue weighted by atomic mass is 127. The summed E-state index contributed by atoms with van der Waals surface area (Å²) in [5, 5.41) is 6.73. The number of methoxy groups -OCH3 is 1. The van der Waals surface area contributed by atoms with E-state index in [0.29, 0.717) is 36.3 Å². The summed E-state index contributed by atoms with van der Waals surface area (Å²) in [6, 6.07) is 5.42. The van der Waals surface area contributed by atoms with E-state index in [9.17, 15) is 9.59 Å². The molecule has 0 spiro atoms. The van der Waals surface area contributed by atoms with E-state index in [2.05, 4.69) is 20.5 Å². The Kier molecular flexibility index (Phi) is 10.7. The van der Waals surface area contributed by atoms with Crippen LogP contribution in [0.1, 0.15) is 25.8 Å². The molecule has 2 atom stereocenters. The molecule has 1 aliphatic heterocycles. The number of carbonyl (C=O) groups is 2. The fourth-order valence-corrected chi connectivity index (χ4v) is 3.42. The molecule has 1 aliphatic rings. The maximum atomic E-state index is 12.3. The molecule has 1 aromatic carbocycles. The van der Waals surface area contributed by atoms with Gasteiger partial charge in [-0.05, 0) is 37.5 Å². The number of esters is 1. The zero-order chi connectivity index (χ0) is 20.7. The van der Waals surface area contributed by atoms with Crippen LogP contribution in [0.15, 0.2) is 23.2 Å². The minimum Gasteiger partial charge on any atom is -0.469 e. The summed E-state index contributed by atoms with van der Waals surface area (Å²) >= 11 is 6.09. The quantitative estimate of drug-likeness (QED) is 0.252. The molecule has 0 radical (unpaired) electrons. The normalized spacial score (nSPS) is 18.8. The summed E-state index contributed by atoms with van der Waals surface area (Å²) in [6.45, 7) is 8.23. The van der Waals surface area contributed by atoms with Crippen molar-refractivity contribution < 1.29 is 14.3 Å². The lowest BCUT2D eigenvalue weighted by molar-refractivity contribution is -0.146. The molecule has 2 N–H and O–H groups in total. The zero-order valence-corrected chi connectivity index (χ0v) is 20.4. The molecule has 0 aromatic heterocycles. The van der Waals surface area contributed by atoms with Crippen LogP contribution in [0, 0.1) is 18.8 Å². The summed E-state index contributed by atoms with van der Waals surface area (Å²) in [5.41, 5.74) is 1.55. The van der Waals surface area contributed by atoms with Crippen LogP contribution in [0.4, 0.5) is 5.69 Å². The van der Waals surface area contributed by atoms with Gasteiger partial charge in [0.05, 0.1) is 19.6 Å². The number of aliphatic imine (C=N–C) groups is 1. The minimum absolute atomic E-state index is 0. The number of guanidine groups is 1. The lowest BCUT2D eigenvalue weighted by Crippen LogP contribution is -2.40. The fraction of sp³-hybridized carbons (Fsp3) is 0.550. The van der Waals surface area contributed by atoms with Crippen molar-refractivity contribution in [3.05, 3.63) is 28.8 Å². The van der Waals surface area contributed by atoms with Gasteiger partial charge in [0.2, 0.25) is 5.91 Å². The Balaban J connectivity index is 0.00000420. The van der Waals surface area contributed by atoms with Gasteiger partial charge in [0, 0.05) is 36.8 Å². The number of hydrogen-bond donors (Lipinski definition) is 2. The van der Waals surface area contributed by atoms with Gasteiger partial charge in [-0.2, -0.15) is 0 Å². The Labute approximate surface area is 194 Å². The Morgan fingerprint density at radius 2 is 2.07 bits per heavy atom. The molecule has 29 heavy (non-hydrogen) atoms. The van der Waals surface area contributed by atoms with Crippen LogP contribution >= 0.6 is 35.6 Å². The number of benzene rings is 1. The van der Waals surface area contributed by atoms with Crippen molar-refractivity contribution in [2.24, 2.45) is 16.8 Å². The van der Waals surface area contributed by atoms with Crippen LogP contribution < -0.4 is 10.6 Å². The summed E-state index contributed by atoms with van der Waals surface area (Å²) in [7, 11) is 1.41. The third-order valence-corrected chi connectivity index (χ3v) is 5.30. The second-order valence-electron chi connectivity index (χ2n) is 6.96. The number of rotatable bonds is 6. The van der Waals surface area contributed by atoms with Crippen molar-refractivity contribution in [3.8, 4) is 0 Å². The van der Waals surface area contributed by atoms with Crippen LogP contribution in [0.2, 0.25) is 5.02 Å². The van der Waals surface area contributed by atoms with Gasteiger partial charge in [0.1, 0.15) is 0 Å². The van der Waals surface area contributed by atoms with E-state index in [1.165, 1.54) is 7.11 Å². The van der Waals surface area contributed by atoms with Crippen LogP contribution in [0.25, 0.3) is 0 Å². The number of likely N-dealkylation sites (tertiary alicyclic amines) is 1. The second kappa shape index (κ2) is 12.2. The molecule has 0 aliphatic carbocycles. The Morgan fingerprint density at radius 3 is 2.72 bits per heavy atom. The highest BCUT2D eigenvalue weighted by Gasteiger charge is 2.36. The van der Waals surface area contributed by atoms with E-state index in [4.69, 9.17) is 16.3 Å². The third-order valence-electron chi connectivity index (χ3n) is 4.89. The molecule has 1 heterocycles. The molecule has 1 amide bonds. The van der Waals surface area contributed by atoms with Gasteiger partial charge >= 0.3 is 5.97 Å². The molecular formula is C20H30ClIN4O3. The molecule has 0 saturated carbocycles. The van der Waals surface area contributed by atoms with E-state index >= 15 is 0 Å². The smallest absolute Gasteiger partial charge is 0.310 e. The average molecular weight is 537 g/mol. The van der Waals surface area contributed by atoms with Crippen molar-refractivity contribution in [3.63, 3.8) is 0 Å². The summed E-state index contributed by atoms with van der Waals surface area (Å²) in [6.07, 6.45) is 0.255. The number of amides is 1. The number of nitrogens with one attached hydrogen (secondary N) is 2. The summed E-state index contributed by atoms with van der Waals surface area (Å²) < 4.78 is 4.89. The van der Waals surface area contributed by atoms with E-state index in [-0.39, 0.29) is 54.1 Å². The maximum Gasteiger partial charge on any atom is 0.310 e. The van der Waals surface area contributed by atoms with Gasteiger partial charge in [-0.1, -0.05) is 24.6 Å². The second-order valence-corrected chi connectivity index (χ2v) is 7.37. The number of carbonyl (C=O) groups excluding carboxylic acids is 2. The van der Waals surface area contributed by atoms with Crippen molar-refractivity contribution in [2.45, 2.75) is 27.2 Å². The van der Waals surface area contributed by atoms with Crippen molar-refractivity contribution >= 4 is 59.1 Å². The first kappa shape index (κ1) is 25.5. The largest absolute Gasteiger partial charge is 0.469 e. The number of halogens is 2. The van der Waals surface area contributed by atoms with E-state index < -0.39 is 0 Å². The number of nitrogens with zero attached hydrogens (tertiary/aromatic N) is 2. The third kappa shape index (κ3) is 7.02. The number of ether oxygens (including phenoxy) is 1. The molecule has 0 bridgehead atoms. The Hall–Kier alpha value is -1.55. The molecule has 7 nitrogen and oxygen atoms in total. The summed E-state index contributed by atoms with van der Waals surface area (Å²) in [5.74, 6) is 0.426. The zero-order valence-electron chi connectivity index (χ0n) is 17.3. The molecule has 162 valence electrons. The van der Waals surface area contributed by atoms with Gasteiger partial charge in [-0.25, -0.2) is 0 Å². The lowest BCUT2D eigenvalue weighted by atomic mass is 9.99. The van der Waals surface area contributed by atoms with Gasteiger partial charge in [0.25, 0.3) is 0 Å². The molecule has 1 aromatic rings. The van der Waals surface area contributed by atoms with Crippen molar-refractivity contribution in [2.75, 3.05) is 38.6 Å². The van der Waals surface area contributed by atoms with Crippen LogP contribution in [0.5, 0.6) is 0 Å². The van der Waals surface area contributed by atoms with Crippen molar-refractivity contribution in [1.29, 1.82) is 0 Å². The topological polar surface area (TPSA) is 83.0 Å². The number of hydrogen-bond acceptors (Lipinski definition) is 4. The summed E-state index contributed by atoms with van der Waals surface area (Å²) in [4.78, 5) is 30.8. The van der Waals surface area contributed by atoms with Crippen molar-refractivity contribution in [1.82, 2.24) is 10.2 Å². The highest BCUT2D eigenvalue weighted by Crippen LogP contribution is 2.24. The van der Waals surface area contributed by atoms with Gasteiger partial charge < -0.3 is 20.3 Å². The Bertz CT molecular complexity index is 744. The van der Waals surface area contributed by atoms with Gasteiger partial charge in [-0.3, -0.25) is 14.6 Å². The van der Waals surface area contributed by atoms with E-state index in [1.807, 2.05) is 26.8 Å². The molecule has 1 saturated heterocycles. The van der Waals surface area contributed by atoms with E-state index in [1.54, 1.807) is 12.1 Å². The lowest BCUT2D eigenvalue weighted by Gasteiger charge is -2.21. The maximum absolute atomic E-state index is 12.3. The molecular weight excluding hydrogens is 507 g/mol. The predicted molar refractivity (Wildman–Crippen MR) is 127 cm³/mol. The van der Waals surface area contributed by atoms with E-state index in [0.717, 1.165) is 12.1 Å². The molecule has 2 rings (SSSR count). The van der Waals surface area contributed by atoms with Gasteiger partial charge in [0.15, 0.2) is 5.96 Å². The molecule has 2 unspecified atom stereocenters. The van der Waals surface area contributed by atoms with Crippen LogP contribution in [-0.2, 0) is 14.3 Å². The number of anilines is 1. The predicted octanol–water partition coefficient (Wildman–Crippen LogP) is 3.30. The molecule has 9 heteroatoms.